The van der Waals surface area contributed by atoms with E-state index in [4.69, 9.17) is 5.11 Å². The van der Waals surface area contributed by atoms with Gasteiger partial charge in [0.15, 0.2) is 5.82 Å². The summed E-state index contributed by atoms with van der Waals surface area (Å²) >= 11 is 0. The molecule has 4 heteroatoms. The fraction of sp³-hybridized carbons (Fsp3) is 0.353. The van der Waals surface area contributed by atoms with Crippen LogP contribution < -0.4 is 0 Å². The highest BCUT2D eigenvalue weighted by molar-refractivity contribution is 5.71. The van der Waals surface area contributed by atoms with Gasteiger partial charge in [-0.1, -0.05) is 38.1 Å². The van der Waals surface area contributed by atoms with Gasteiger partial charge in [0.05, 0.1) is 6.42 Å². The quantitative estimate of drug-likeness (QED) is 0.915. The van der Waals surface area contributed by atoms with Crippen LogP contribution in [0.4, 0.5) is 0 Å². The predicted molar refractivity (Wildman–Crippen MR) is 82.3 cm³/mol. The molecule has 0 radical (unpaired) electrons. The molecule has 1 aromatic carbocycles. The zero-order valence-electron chi connectivity index (χ0n) is 12.7. The largest absolute Gasteiger partial charge is 0.481 e. The molecule has 0 bridgehead atoms. The van der Waals surface area contributed by atoms with E-state index in [2.05, 4.69) is 9.97 Å². The summed E-state index contributed by atoms with van der Waals surface area (Å²) in [7, 11) is 0. The molecule has 1 N–H and O–H groups in total. The second-order valence-electron chi connectivity index (χ2n) is 5.01. The Balaban J connectivity index is 2.60. The number of carboxylic acids is 1. The molecule has 0 spiro atoms. The van der Waals surface area contributed by atoms with Gasteiger partial charge in [0.1, 0.15) is 0 Å². The zero-order valence-corrected chi connectivity index (χ0v) is 12.7. The van der Waals surface area contributed by atoms with E-state index in [1.54, 1.807) is 0 Å². The first-order chi connectivity index (χ1) is 10.1. The van der Waals surface area contributed by atoms with Crippen molar-refractivity contribution in [1.29, 1.82) is 0 Å². The Morgan fingerprint density at radius 1 is 1.10 bits per heavy atom. The fourth-order valence-corrected chi connectivity index (χ4v) is 2.47. The second kappa shape index (κ2) is 6.48. The molecule has 110 valence electrons. The van der Waals surface area contributed by atoms with Gasteiger partial charge in [0.25, 0.3) is 0 Å². The van der Waals surface area contributed by atoms with Crippen LogP contribution in [0.25, 0.3) is 11.4 Å². The maximum Gasteiger partial charge on any atom is 0.307 e. The van der Waals surface area contributed by atoms with Crippen molar-refractivity contribution < 1.29 is 9.90 Å². The molecule has 0 atom stereocenters. The van der Waals surface area contributed by atoms with Gasteiger partial charge in [-0.15, -0.1) is 0 Å². The van der Waals surface area contributed by atoms with Gasteiger partial charge in [-0.05, 0) is 25.3 Å². The zero-order chi connectivity index (χ0) is 15.4. The number of carbonyl (C=O) groups is 1. The average molecular weight is 284 g/mol. The van der Waals surface area contributed by atoms with Crippen molar-refractivity contribution >= 4 is 5.97 Å². The highest BCUT2D eigenvalue weighted by Gasteiger charge is 2.16. The van der Waals surface area contributed by atoms with Crippen molar-refractivity contribution in [2.24, 2.45) is 0 Å². The minimum absolute atomic E-state index is 0.0135. The van der Waals surface area contributed by atoms with Crippen LogP contribution in [0, 0.1) is 6.92 Å². The molecular weight excluding hydrogens is 264 g/mol. The van der Waals surface area contributed by atoms with Crippen molar-refractivity contribution in [3.63, 3.8) is 0 Å². The lowest BCUT2D eigenvalue weighted by atomic mass is 10.0. The number of aryl methyl sites for hydroxylation is 3. The molecule has 0 unspecified atom stereocenters. The molecule has 0 fully saturated rings. The van der Waals surface area contributed by atoms with Crippen molar-refractivity contribution in [3.05, 3.63) is 46.8 Å². The standard InChI is InChI=1S/C17H20N2O2/c1-4-14-13(10-16(20)21)15(5-2)19-17(18-14)12-9-7-6-8-11(12)3/h6-9H,4-5,10H2,1-3H3,(H,20,21). The summed E-state index contributed by atoms with van der Waals surface area (Å²) in [4.78, 5) is 20.3. The number of rotatable bonds is 5. The third kappa shape index (κ3) is 3.27. The molecular formula is C17H20N2O2. The number of hydrogen-bond acceptors (Lipinski definition) is 3. The summed E-state index contributed by atoms with van der Waals surface area (Å²) < 4.78 is 0. The molecule has 21 heavy (non-hydrogen) atoms. The van der Waals surface area contributed by atoms with Crippen LogP contribution in [0.3, 0.4) is 0 Å². The number of aromatic nitrogens is 2. The maximum atomic E-state index is 11.1. The van der Waals surface area contributed by atoms with Crippen LogP contribution in [0.15, 0.2) is 24.3 Å². The lowest BCUT2D eigenvalue weighted by Crippen LogP contribution is -2.12. The highest BCUT2D eigenvalue weighted by atomic mass is 16.4. The summed E-state index contributed by atoms with van der Waals surface area (Å²) in [5, 5.41) is 9.08. The van der Waals surface area contributed by atoms with Gasteiger partial charge in [-0.3, -0.25) is 4.79 Å². The van der Waals surface area contributed by atoms with E-state index in [-0.39, 0.29) is 6.42 Å². The molecule has 4 nitrogen and oxygen atoms in total. The lowest BCUT2D eigenvalue weighted by molar-refractivity contribution is -0.136. The van der Waals surface area contributed by atoms with E-state index in [9.17, 15) is 4.79 Å². The van der Waals surface area contributed by atoms with Crippen LogP contribution in [-0.2, 0) is 24.1 Å². The first-order valence-electron chi connectivity index (χ1n) is 7.23. The van der Waals surface area contributed by atoms with Crippen LogP contribution >= 0.6 is 0 Å². The monoisotopic (exact) mass is 284 g/mol. The average Bonchev–Trinajstić information content (AvgIpc) is 2.47. The van der Waals surface area contributed by atoms with Crippen LogP contribution in [-0.4, -0.2) is 21.0 Å². The molecule has 0 saturated carbocycles. The highest BCUT2D eigenvalue weighted by Crippen LogP contribution is 2.23. The van der Waals surface area contributed by atoms with Gasteiger partial charge in [-0.2, -0.15) is 0 Å². The molecule has 2 rings (SSSR count). The van der Waals surface area contributed by atoms with Gasteiger partial charge in [0, 0.05) is 22.5 Å². The van der Waals surface area contributed by atoms with Gasteiger partial charge >= 0.3 is 5.97 Å². The fourth-order valence-electron chi connectivity index (χ4n) is 2.47. The van der Waals surface area contributed by atoms with E-state index in [0.717, 1.165) is 28.1 Å². The number of benzene rings is 1. The summed E-state index contributed by atoms with van der Waals surface area (Å²) in [5.41, 5.74) is 4.56. The summed E-state index contributed by atoms with van der Waals surface area (Å²) in [6.07, 6.45) is 1.40. The van der Waals surface area contributed by atoms with E-state index in [1.165, 1.54) is 0 Å². The molecule has 1 heterocycles. The first kappa shape index (κ1) is 15.2. The van der Waals surface area contributed by atoms with Crippen molar-refractivity contribution in [3.8, 4) is 11.4 Å². The SMILES string of the molecule is CCc1nc(-c2ccccc2C)nc(CC)c1CC(=O)O. The van der Waals surface area contributed by atoms with Crippen molar-refractivity contribution in [2.75, 3.05) is 0 Å². The van der Waals surface area contributed by atoms with Crippen LogP contribution in [0.2, 0.25) is 0 Å². The van der Waals surface area contributed by atoms with Crippen molar-refractivity contribution in [1.82, 2.24) is 9.97 Å². The number of carboxylic acid groups (broad SMARTS) is 1. The molecule has 0 aliphatic heterocycles. The van der Waals surface area contributed by atoms with Gasteiger partial charge < -0.3 is 5.11 Å². The first-order valence-corrected chi connectivity index (χ1v) is 7.23. The summed E-state index contributed by atoms with van der Waals surface area (Å²) in [5.74, 6) is -0.150. The lowest BCUT2D eigenvalue weighted by Gasteiger charge is -2.13. The Kier molecular flexibility index (Phi) is 4.68. The van der Waals surface area contributed by atoms with E-state index in [1.807, 2.05) is 45.0 Å². The Morgan fingerprint density at radius 2 is 1.67 bits per heavy atom. The molecule has 1 aromatic heterocycles. The molecule has 0 aliphatic rings. The van der Waals surface area contributed by atoms with E-state index in [0.29, 0.717) is 18.7 Å². The van der Waals surface area contributed by atoms with Crippen LogP contribution in [0.5, 0.6) is 0 Å². The molecule has 0 amide bonds. The summed E-state index contributed by atoms with van der Waals surface area (Å²) in [6, 6.07) is 7.98. The topological polar surface area (TPSA) is 63.1 Å². The molecule has 0 saturated heterocycles. The Hall–Kier alpha value is -2.23. The van der Waals surface area contributed by atoms with E-state index < -0.39 is 5.97 Å². The van der Waals surface area contributed by atoms with E-state index >= 15 is 0 Å². The van der Waals surface area contributed by atoms with Crippen LogP contribution in [0.1, 0.15) is 36.4 Å². The number of hydrogen-bond donors (Lipinski definition) is 1. The Labute approximate surface area is 124 Å². The third-order valence-corrected chi connectivity index (χ3v) is 3.56. The predicted octanol–water partition coefficient (Wildman–Crippen LogP) is 3.20. The maximum absolute atomic E-state index is 11.1. The molecule has 2 aromatic rings. The molecule has 0 aliphatic carbocycles. The summed E-state index contributed by atoms with van der Waals surface area (Å²) in [6.45, 7) is 6.02. The Morgan fingerprint density at radius 3 is 2.14 bits per heavy atom. The smallest absolute Gasteiger partial charge is 0.307 e. The normalized spacial score (nSPS) is 10.6. The minimum atomic E-state index is -0.841. The third-order valence-electron chi connectivity index (χ3n) is 3.56. The Bertz CT molecular complexity index is 641. The number of aliphatic carboxylic acids is 1. The van der Waals surface area contributed by atoms with Gasteiger partial charge in [-0.25, -0.2) is 9.97 Å². The van der Waals surface area contributed by atoms with Gasteiger partial charge in [0.2, 0.25) is 0 Å². The number of nitrogens with zero attached hydrogens (tertiary/aromatic N) is 2. The van der Waals surface area contributed by atoms with Crippen molar-refractivity contribution in [2.45, 2.75) is 40.0 Å². The second-order valence-corrected chi connectivity index (χ2v) is 5.01. The minimum Gasteiger partial charge on any atom is -0.481 e.